The Bertz CT molecular complexity index is 522. The van der Waals surface area contributed by atoms with Gasteiger partial charge in [0.25, 0.3) is 5.91 Å². The number of carbonyl (C=O) groups excluding carboxylic acids is 1. The summed E-state index contributed by atoms with van der Waals surface area (Å²) in [5, 5.41) is 0. The quantitative estimate of drug-likeness (QED) is 0.835. The van der Waals surface area contributed by atoms with Crippen LogP contribution in [0.3, 0.4) is 0 Å². The lowest BCUT2D eigenvalue weighted by Crippen LogP contribution is -2.46. The van der Waals surface area contributed by atoms with E-state index in [1.165, 1.54) is 7.11 Å². The van der Waals surface area contributed by atoms with Gasteiger partial charge in [-0.2, -0.15) is 0 Å². The summed E-state index contributed by atoms with van der Waals surface area (Å²) in [5.74, 6) is 0.286. The van der Waals surface area contributed by atoms with Gasteiger partial charge in [-0.1, -0.05) is 0 Å². The highest BCUT2D eigenvalue weighted by atomic mass is 16.5. The standard InChI is InChI=1S/C15H20N2O4/c1-19-13-11-5-6-12(13)21-9-8-17(11)15(18)10-4-3-7-16-14(10)20-2/h3-4,7,11-13H,5-6,8-9H2,1-2H3/t11-,12-,13-/m0/s1. The summed E-state index contributed by atoms with van der Waals surface area (Å²) >= 11 is 0. The first-order valence-electron chi connectivity index (χ1n) is 7.20. The van der Waals surface area contributed by atoms with Crippen molar-refractivity contribution >= 4 is 5.91 Å². The number of methoxy groups -OCH3 is 2. The van der Waals surface area contributed by atoms with Crippen molar-refractivity contribution in [1.82, 2.24) is 9.88 Å². The van der Waals surface area contributed by atoms with Crippen molar-refractivity contribution in [1.29, 1.82) is 0 Å². The summed E-state index contributed by atoms with van der Waals surface area (Å²) in [6.45, 7) is 1.10. The Hall–Kier alpha value is -1.66. The van der Waals surface area contributed by atoms with Crippen LogP contribution in [0.1, 0.15) is 23.2 Å². The van der Waals surface area contributed by atoms with Crippen molar-refractivity contribution in [2.24, 2.45) is 0 Å². The average Bonchev–Trinajstić information content (AvgIpc) is 2.82. The number of rotatable bonds is 3. The highest BCUT2D eigenvalue weighted by Gasteiger charge is 2.44. The number of fused-ring (bicyclic) bond motifs is 2. The minimum absolute atomic E-state index is 0.0555. The zero-order valence-corrected chi connectivity index (χ0v) is 12.3. The Morgan fingerprint density at radius 3 is 3.05 bits per heavy atom. The van der Waals surface area contributed by atoms with E-state index in [4.69, 9.17) is 14.2 Å². The molecule has 1 aromatic heterocycles. The van der Waals surface area contributed by atoms with Crippen LogP contribution in [0.5, 0.6) is 5.88 Å². The van der Waals surface area contributed by atoms with Gasteiger partial charge in [0.1, 0.15) is 11.7 Å². The summed E-state index contributed by atoms with van der Waals surface area (Å²) in [7, 11) is 3.20. The van der Waals surface area contributed by atoms with Crippen LogP contribution in [0, 0.1) is 0 Å². The fraction of sp³-hybridized carbons (Fsp3) is 0.600. The van der Waals surface area contributed by atoms with Crippen LogP contribution in [0.2, 0.25) is 0 Å². The Kier molecular flexibility index (Phi) is 4.07. The lowest BCUT2D eigenvalue weighted by molar-refractivity contribution is -0.0316. The zero-order chi connectivity index (χ0) is 14.8. The molecule has 0 spiro atoms. The molecular weight excluding hydrogens is 272 g/mol. The smallest absolute Gasteiger partial charge is 0.259 e. The van der Waals surface area contributed by atoms with E-state index in [2.05, 4.69) is 4.98 Å². The molecule has 0 unspecified atom stereocenters. The molecule has 2 fully saturated rings. The summed E-state index contributed by atoms with van der Waals surface area (Å²) in [5.41, 5.74) is 0.486. The van der Waals surface area contributed by atoms with E-state index in [1.807, 2.05) is 4.90 Å². The van der Waals surface area contributed by atoms with Crippen LogP contribution >= 0.6 is 0 Å². The largest absolute Gasteiger partial charge is 0.480 e. The van der Waals surface area contributed by atoms with Gasteiger partial charge in [-0.05, 0) is 25.0 Å². The first-order chi connectivity index (χ1) is 10.3. The molecule has 0 aromatic carbocycles. The number of hydrogen-bond donors (Lipinski definition) is 0. The molecular formula is C15H20N2O4. The minimum Gasteiger partial charge on any atom is -0.480 e. The molecule has 21 heavy (non-hydrogen) atoms. The second kappa shape index (κ2) is 5.99. The number of carbonyl (C=O) groups is 1. The fourth-order valence-electron chi connectivity index (χ4n) is 3.32. The number of pyridine rings is 1. The number of nitrogens with zero attached hydrogens (tertiary/aromatic N) is 2. The SMILES string of the molecule is COc1ncccc1C(=O)N1CCO[C@H]2CC[C@H]1[C@@H]2OC. The van der Waals surface area contributed by atoms with E-state index in [0.29, 0.717) is 24.6 Å². The molecule has 0 N–H and O–H groups in total. The summed E-state index contributed by atoms with van der Waals surface area (Å²) < 4.78 is 16.6. The van der Waals surface area contributed by atoms with Crippen LogP contribution in [-0.2, 0) is 9.47 Å². The highest BCUT2D eigenvalue weighted by molar-refractivity contribution is 5.96. The molecule has 1 saturated heterocycles. The third kappa shape index (κ3) is 2.49. The maximum atomic E-state index is 12.9. The van der Waals surface area contributed by atoms with Crippen LogP contribution < -0.4 is 4.74 Å². The molecule has 6 heteroatoms. The molecule has 1 saturated carbocycles. The molecule has 3 rings (SSSR count). The molecule has 114 valence electrons. The van der Waals surface area contributed by atoms with Crippen molar-refractivity contribution in [3.63, 3.8) is 0 Å². The molecule has 3 atom stereocenters. The fourth-order valence-corrected chi connectivity index (χ4v) is 3.32. The number of ether oxygens (including phenoxy) is 3. The third-order valence-electron chi connectivity index (χ3n) is 4.29. The molecule has 1 aliphatic carbocycles. The van der Waals surface area contributed by atoms with Crippen LogP contribution in [0.25, 0.3) is 0 Å². The van der Waals surface area contributed by atoms with Crippen LogP contribution in [0.4, 0.5) is 0 Å². The number of aromatic nitrogens is 1. The maximum absolute atomic E-state index is 12.9. The Balaban J connectivity index is 1.89. The highest BCUT2D eigenvalue weighted by Crippen LogP contribution is 2.33. The second-order valence-corrected chi connectivity index (χ2v) is 5.31. The summed E-state index contributed by atoms with van der Waals surface area (Å²) in [6, 6.07) is 3.55. The normalized spacial score (nSPS) is 28.3. The van der Waals surface area contributed by atoms with Gasteiger partial charge >= 0.3 is 0 Å². The Labute approximate surface area is 124 Å². The van der Waals surface area contributed by atoms with E-state index >= 15 is 0 Å². The van der Waals surface area contributed by atoms with Crippen molar-refractivity contribution in [3.05, 3.63) is 23.9 Å². The lowest BCUT2D eigenvalue weighted by Gasteiger charge is -2.30. The predicted octanol–water partition coefficient (Wildman–Crippen LogP) is 1.11. The van der Waals surface area contributed by atoms with Crippen molar-refractivity contribution in [2.75, 3.05) is 27.4 Å². The van der Waals surface area contributed by atoms with Gasteiger partial charge in [0.05, 0.1) is 25.9 Å². The molecule has 6 nitrogen and oxygen atoms in total. The monoisotopic (exact) mass is 292 g/mol. The molecule has 1 aliphatic heterocycles. The zero-order valence-electron chi connectivity index (χ0n) is 12.3. The molecule has 0 radical (unpaired) electrons. The first-order valence-corrected chi connectivity index (χ1v) is 7.20. The van der Waals surface area contributed by atoms with Crippen molar-refractivity contribution < 1.29 is 19.0 Å². The molecule has 2 heterocycles. The van der Waals surface area contributed by atoms with Gasteiger partial charge < -0.3 is 19.1 Å². The molecule has 1 amide bonds. The molecule has 2 bridgehead atoms. The van der Waals surface area contributed by atoms with Gasteiger partial charge in [-0.15, -0.1) is 0 Å². The third-order valence-corrected chi connectivity index (χ3v) is 4.29. The first kappa shape index (κ1) is 14.3. The van der Waals surface area contributed by atoms with E-state index in [1.54, 1.807) is 25.4 Å². The van der Waals surface area contributed by atoms with Crippen molar-refractivity contribution in [3.8, 4) is 5.88 Å². The Morgan fingerprint density at radius 2 is 2.29 bits per heavy atom. The van der Waals surface area contributed by atoms with E-state index in [-0.39, 0.29) is 24.2 Å². The summed E-state index contributed by atoms with van der Waals surface area (Å²) in [6.07, 6.45) is 3.48. The van der Waals surface area contributed by atoms with E-state index in [0.717, 1.165) is 12.8 Å². The van der Waals surface area contributed by atoms with Crippen LogP contribution in [0.15, 0.2) is 18.3 Å². The number of hydrogen-bond acceptors (Lipinski definition) is 5. The topological polar surface area (TPSA) is 60.9 Å². The number of amides is 1. The predicted molar refractivity (Wildman–Crippen MR) is 75.4 cm³/mol. The minimum atomic E-state index is -0.0712. The summed E-state index contributed by atoms with van der Waals surface area (Å²) in [4.78, 5) is 18.8. The van der Waals surface area contributed by atoms with Gasteiger partial charge in [0.15, 0.2) is 0 Å². The van der Waals surface area contributed by atoms with E-state index in [9.17, 15) is 4.79 Å². The van der Waals surface area contributed by atoms with Gasteiger partial charge in [-0.25, -0.2) is 4.98 Å². The average molecular weight is 292 g/mol. The van der Waals surface area contributed by atoms with Crippen molar-refractivity contribution in [2.45, 2.75) is 31.1 Å². The van der Waals surface area contributed by atoms with E-state index < -0.39 is 0 Å². The van der Waals surface area contributed by atoms with Gasteiger partial charge in [-0.3, -0.25) is 4.79 Å². The van der Waals surface area contributed by atoms with Crippen LogP contribution in [-0.4, -0.2) is 61.4 Å². The second-order valence-electron chi connectivity index (χ2n) is 5.31. The Morgan fingerprint density at radius 1 is 1.43 bits per heavy atom. The van der Waals surface area contributed by atoms with Gasteiger partial charge in [0, 0.05) is 19.9 Å². The maximum Gasteiger partial charge on any atom is 0.259 e. The lowest BCUT2D eigenvalue weighted by atomic mass is 10.1. The molecule has 2 aliphatic rings. The van der Waals surface area contributed by atoms with Gasteiger partial charge in [0.2, 0.25) is 5.88 Å². The molecule has 1 aromatic rings.